The van der Waals surface area contributed by atoms with Gasteiger partial charge in [0.25, 0.3) is 5.91 Å². The Morgan fingerprint density at radius 2 is 2.17 bits per heavy atom. The van der Waals surface area contributed by atoms with Gasteiger partial charge < -0.3 is 4.84 Å². The summed E-state index contributed by atoms with van der Waals surface area (Å²) >= 11 is 0. The normalized spacial score (nSPS) is 9.17. The summed E-state index contributed by atoms with van der Waals surface area (Å²) in [6.07, 6.45) is 0. The highest BCUT2D eigenvalue weighted by molar-refractivity contribution is 5.96. The number of rotatable bonds is 2. The number of benzene rings is 1. The third-order valence-corrected chi connectivity index (χ3v) is 1.36. The molecular formula is C7H8N2O3. The van der Waals surface area contributed by atoms with Crippen molar-refractivity contribution in [1.29, 1.82) is 0 Å². The molecular weight excluding hydrogens is 160 g/mol. The maximum Gasteiger partial charge on any atom is 0.278 e. The zero-order chi connectivity index (χ0) is 8.97. The summed E-state index contributed by atoms with van der Waals surface area (Å²) in [5, 5.41) is 8.31. The van der Waals surface area contributed by atoms with E-state index in [2.05, 4.69) is 4.84 Å². The van der Waals surface area contributed by atoms with Gasteiger partial charge in [-0.3, -0.25) is 10.0 Å². The van der Waals surface area contributed by atoms with Crippen molar-refractivity contribution < 1.29 is 14.8 Å². The maximum atomic E-state index is 10.9. The molecule has 0 aliphatic carbocycles. The van der Waals surface area contributed by atoms with E-state index in [-0.39, 0.29) is 11.3 Å². The molecule has 5 nitrogen and oxygen atoms in total. The molecule has 5 heteroatoms. The Bertz CT molecular complexity index is 288. The van der Waals surface area contributed by atoms with Gasteiger partial charge in [-0.25, -0.2) is 5.48 Å². The van der Waals surface area contributed by atoms with Crippen LogP contribution < -0.4 is 16.2 Å². The molecule has 0 spiro atoms. The molecule has 0 fully saturated rings. The summed E-state index contributed by atoms with van der Waals surface area (Å²) in [7, 11) is 0. The van der Waals surface area contributed by atoms with Crippen LogP contribution in [0, 0.1) is 0 Å². The summed E-state index contributed by atoms with van der Waals surface area (Å²) in [5.41, 5.74) is 1.66. The number of carbonyl (C=O) groups excluding carboxylic acids is 1. The van der Waals surface area contributed by atoms with Gasteiger partial charge in [0.15, 0.2) is 5.75 Å². The van der Waals surface area contributed by atoms with E-state index in [9.17, 15) is 4.79 Å². The van der Waals surface area contributed by atoms with Gasteiger partial charge in [-0.15, -0.1) is 0 Å². The minimum absolute atomic E-state index is 0.183. The summed E-state index contributed by atoms with van der Waals surface area (Å²) in [6, 6.07) is 6.29. The van der Waals surface area contributed by atoms with Gasteiger partial charge in [0.2, 0.25) is 0 Å². The van der Waals surface area contributed by atoms with Gasteiger partial charge in [0, 0.05) is 0 Å². The van der Waals surface area contributed by atoms with Crippen LogP contribution in [0.15, 0.2) is 24.3 Å². The van der Waals surface area contributed by atoms with E-state index in [1.807, 2.05) is 0 Å². The van der Waals surface area contributed by atoms with E-state index < -0.39 is 5.91 Å². The average Bonchev–Trinajstić information content (AvgIpc) is 2.16. The molecule has 12 heavy (non-hydrogen) atoms. The molecule has 0 saturated carbocycles. The van der Waals surface area contributed by atoms with Gasteiger partial charge >= 0.3 is 0 Å². The Balaban J connectivity index is 3.04. The maximum absolute atomic E-state index is 10.9. The standard InChI is InChI=1S/C7H8N2O3/c8-12-6-4-2-1-3-5(6)7(10)9-11/h1-4,11H,8H2,(H,9,10). The molecule has 0 unspecified atom stereocenters. The highest BCUT2D eigenvalue weighted by atomic mass is 16.6. The third-order valence-electron chi connectivity index (χ3n) is 1.36. The zero-order valence-electron chi connectivity index (χ0n) is 6.15. The summed E-state index contributed by atoms with van der Waals surface area (Å²) < 4.78 is 0. The molecule has 1 rings (SSSR count). The lowest BCUT2D eigenvalue weighted by Crippen LogP contribution is -2.20. The number of hydrogen-bond donors (Lipinski definition) is 3. The first kappa shape index (κ1) is 8.51. The minimum atomic E-state index is -0.656. The first-order valence-corrected chi connectivity index (χ1v) is 3.19. The van der Waals surface area contributed by atoms with Crippen LogP contribution >= 0.6 is 0 Å². The number of hydrogen-bond acceptors (Lipinski definition) is 4. The molecule has 1 amide bonds. The lowest BCUT2D eigenvalue weighted by molar-refractivity contribution is 0.0702. The van der Waals surface area contributed by atoms with Gasteiger partial charge in [-0.1, -0.05) is 12.1 Å². The van der Waals surface area contributed by atoms with Crippen molar-refractivity contribution >= 4 is 5.91 Å². The third kappa shape index (κ3) is 1.52. The van der Waals surface area contributed by atoms with Crippen molar-refractivity contribution in [2.24, 2.45) is 5.90 Å². The van der Waals surface area contributed by atoms with Crippen molar-refractivity contribution in [1.82, 2.24) is 5.48 Å². The fraction of sp³-hybridized carbons (Fsp3) is 0. The van der Waals surface area contributed by atoms with Crippen molar-refractivity contribution in [2.75, 3.05) is 0 Å². The Hall–Kier alpha value is -1.59. The van der Waals surface area contributed by atoms with Gasteiger partial charge in [-0.2, -0.15) is 5.90 Å². The number of nitrogens with two attached hydrogens (primary N) is 1. The molecule has 4 N–H and O–H groups in total. The predicted molar refractivity (Wildman–Crippen MR) is 40.5 cm³/mol. The second kappa shape index (κ2) is 3.70. The van der Waals surface area contributed by atoms with Crippen LogP contribution in [0.4, 0.5) is 0 Å². The highest BCUT2D eigenvalue weighted by Gasteiger charge is 2.09. The van der Waals surface area contributed by atoms with E-state index in [0.717, 1.165) is 0 Å². The second-order valence-electron chi connectivity index (χ2n) is 2.05. The van der Waals surface area contributed by atoms with Gasteiger partial charge in [0.1, 0.15) is 0 Å². The lowest BCUT2D eigenvalue weighted by Gasteiger charge is -2.03. The molecule has 1 aromatic rings. The average molecular weight is 168 g/mol. The number of amides is 1. The minimum Gasteiger partial charge on any atom is -0.411 e. The fourth-order valence-corrected chi connectivity index (χ4v) is 0.817. The quantitative estimate of drug-likeness (QED) is 0.430. The Morgan fingerprint density at radius 3 is 2.75 bits per heavy atom. The smallest absolute Gasteiger partial charge is 0.278 e. The largest absolute Gasteiger partial charge is 0.411 e. The number of para-hydroxylation sites is 1. The molecule has 0 atom stereocenters. The molecule has 1 aromatic carbocycles. The summed E-state index contributed by atoms with van der Waals surface area (Å²) in [6.45, 7) is 0. The molecule has 0 aliphatic rings. The molecule has 0 saturated heterocycles. The fourth-order valence-electron chi connectivity index (χ4n) is 0.817. The van der Waals surface area contributed by atoms with Crippen molar-refractivity contribution in [3.63, 3.8) is 0 Å². The molecule has 0 heterocycles. The molecule has 64 valence electrons. The van der Waals surface area contributed by atoms with E-state index in [1.165, 1.54) is 17.6 Å². The van der Waals surface area contributed by atoms with Crippen molar-refractivity contribution in [3.05, 3.63) is 29.8 Å². The molecule has 0 aliphatic heterocycles. The first-order valence-electron chi connectivity index (χ1n) is 3.19. The Labute approximate surface area is 68.7 Å². The van der Waals surface area contributed by atoms with Crippen LogP contribution in [0.1, 0.15) is 10.4 Å². The first-order chi connectivity index (χ1) is 5.79. The SMILES string of the molecule is NOc1ccccc1C(=O)NO. The number of hydroxylamine groups is 1. The zero-order valence-corrected chi connectivity index (χ0v) is 6.15. The van der Waals surface area contributed by atoms with E-state index in [4.69, 9.17) is 11.1 Å². The number of nitrogens with one attached hydrogen (secondary N) is 1. The predicted octanol–water partition coefficient (Wildman–Crippen LogP) is 0.0581. The van der Waals surface area contributed by atoms with Crippen LogP contribution in [0.3, 0.4) is 0 Å². The highest BCUT2D eigenvalue weighted by Crippen LogP contribution is 2.15. The van der Waals surface area contributed by atoms with E-state index >= 15 is 0 Å². The van der Waals surface area contributed by atoms with Gasteiger partial charge in [-0.05, 0) is 12.1 Å². The van der Waals surface area contributed by atoms with Crippen LogP contribution in [-0.2, 0) is 0 Å². The molecule has 0 bridgehead atoms. The van der Waals surface area contributed by atoms with Gasteiger partial charge in [0.05, 0.1) is 5.56 Å². The topological polar surface area (TPSA) is 84.6 Å². The second-order valence-corrected chi connectivity index (χ2v) is 2.05. The lowest BCUT2D eigenvalue weighted by atomic mass is 10.2. The Morgan fingerprint density at radius 1 is 1.50 bits per heavy atom. The monoisotopic (exact) mass is 168 g/mol. The van der Waals surface area contributed by atoms with Crippen molar-refractivity contribution in [3.8, 4) is 5.75 Å². The van der Waals surface area contributed by atoms with Crippen LogP contribution in [0.5, 0.6) is 5.75 Å². The molecule has 0 radical (unpaired) electrons. The van der Waals surface area contributed by atoms with Crippen LogP contribution in [0.2, 0.25) is 0 Å². The Kier molecular flexibility index (Phi) is 2.62. The summed E-state index contributed by atoms with van der Waals surface area (Å²) in [4.78, 5) is 15.3. The van der Waals surface area contributed by atoms with E-state index in [1.54, 1.807) is 12.1 Å². The molecule has 0 aromatic heterocycles. The van der Waals surface area contributed by atoms with E-state index in [0.29, 0.717) is 0 Å². The van der Waals surface area contributed by atoms with Crippen molar-refractivity contribution in [2.45, 2.75) is 0 Å². The van der Waals surface area contributed by atoms with Crippen LogP contribution in [-0.4, -0.2) is 11.1 Å². The van der Waals surface area contributed by atoms with Crippen LogP contribution in [0.25, 0.3) is 0 Å². The summed E-state index contributed by atoms with van der Waals surface area (Å²) in [5.74, 6) is 4.44. The number of carbonyl (C=O) groups is 1.